The number of hydrogen-bond donors (Lipinski definition) is 2. The van der Waals surface area contributed by atoms with Crippen molar-refractivity contribution in [2.45, 2.75) is 0 Å². The van der Waals surface area contributed by atoms with E-state index in [2.05, 4.69) is 15.0 Å². The molecule has 0 saturated heterocycles. The highest BCUT2D eigenvalue weighted by Crippen LogP contribution is 2.22. The zero-order valence-corrected chi connectivity index (χ0v) is 12.4. The van der Waals surface area contributed by atoms with Gasteiger partial charge < -0.3 is 10.7 Å². The van der Waals surface area contributed by atoms with E-state index in [1.807, 2.05) is 46.9 Å². The molecule has 0 amide bonds. The summed E-state index contributed by atoms with van der Waals surface area (Å²) in [5.74, 6) is 1.26. The number of rotatable bonds is 2. The Morgan fingerprint density at radius 3 is 2.70 bits per heavy atom. The zero-order chi connectivity index (χ0) is 14.1. The molecule has 6 nitrogen and oxygen atoms in total. The van der Waals surface area contributed by atoms with Crippen LogP contribution in [0, 0.1) is 3.57 Å². The monoisotopic (exact) mass is 379 g/mol. The number of aromatic nitrogens is 4. The second-order valence-corrected chi connectivity index (χ2v) is 5.19. The van der Waals surface area contributed by atoms with E-state index < -0.39 is 0 Å². The predicted molar refractivity (Wildman–Crippen MR) is 84.5 cm³/mol. The topological polar surface area (TPSA) is 89.6 Å². The maximum atomic E-state index is 11.7. The molecule has 0 fully saturated rings. The average Bonchev–Trinajstić information content (AvgIpc) is 2.92. The molecule has 3 aromatic rings. The molecule has 0 saturated carbocycles. The Balaban J connectivity index is 2.18. The molecule has 100 valence electrons. The molecule has 0 atom stereocenters. The molecule has 0 aliphatic carbocycles. The summed E-state index contributed by atoms with van der Waals surface area (Å²) in [6.45, 7) is 0. The van der Waals surface area contributed by atoms with Crippen molar-refractivity contribution in [3.63, 3.8) is 0 Å². The maximum Gasteiger partial charge on any atom is 0.266 e. The van der Waals surface area contributed by atoms with Gasteiger partial charge in [0.25, 0.3) is 5.56 Å². The Morgan fingerprint density at radius 2 is 1.95 bits per heavy atom. The summed E-state index contributed by atoms with van der Waals surface area (Å²) >= 11 is 1.97. The fourth-order valence-corrected chi connectivity index (χ4v) is 2.42. The molecule has 2 aromatic heterocycles. The first-order valence-corrected chi connectivity index (χ1v) is 6.87. The van der Waals surface area contributed by atoms with Crippen molar-refractivity contribution in [1.82, 2.24) is 19.5 Å². The first kappa shape index (κ1) is 12.9. The van der Waals surface area contributed by atoms with Crippen molar-refractivity contribution < 1.29 is 0 Å². The normalized spacial score (nSPS) is 10.7. The van der Waals surface area contributed by atoms with Gasteiger partial charge in [-0.15, -0.1) is 0 Å². The van der Waals surface area contributed by atoms with Crippen LogP contribution in [0.4, 0.5) is 5.69 Å². The molecule has 3 rings (SSSR count). The van der Waals surface area contributed by atoms with Gasteiger partial charge in [-0.3, -0.25) is 9.36 Å². The molecule has 0 radical (unpaired) electrons. The molecule has 3 N–H and O–H groups in total. The van der Waals surface area contributed by atoms with E-state index in [-0.39, 0.29) is 5.56 Å². The van der Waals surface area contributed by atoms with Crippen LogP contribution in [0.5, 0.6) is 0 Å². The summed E-state index contributed by atoms with van der Waals surface area (Å²) in [6.07, 6.45) is 4.83. The largest absolute Gasteiger partial charge is 0.399 e. The number of anilines is 1. The minimum absolute atomic E-state index is 0.174. The van der Waals surface area contributed by atoms with Gasteiger partial charge in [-0.05, 0) is 46.9 Å². The van der Waals surface area contributed by atoms with Gasteiger partial charge >= 0.3 is 0 Å². The Bertz CT molecular complexity index is 806. The number of hydrogen-bond acceptors (Lipinski definition) is 4. The molecule has 1 aromatic carbocycles. The lowest BCUT2D eigenvalue weighted by Crippen LogP contribution is -2.15. The van der Waals surface area contributed by atoms with Crippen LogP contribution < -0.4 is 11.3 Å². The van der Waals surface area contributed by atoms with Crippen LogP contribution in [0.3, 0.4) is 0 Å². The van der Waals surface area contributed by atoms with Gasteiger partial charge in [-0.1, -0.05) is 0 Å². The number of aromatic amines is 1. The van der Waals surface area contributed by atoms with E-state index in [1.54, 1.807) is 17.0 Å². The number of nitrogens with two attached hydrogens (primary N) is 1. The molecule has 0 spiro atoms. The van der Waals surface area contributed by atoms with Gasteiger partial charge in [0.1, 0.15) is 9.39 Å². The van der Waals surface area contributed by atoms with Gasteiger partial charge in [-0.2, -0.15) is 0 Å². The Morgan fingerprint density at radius 1 is 1.20 bits per heavy atom. The summed E-state index contributed by atoms with van der Waals surface area (Å²) in [5.41, 5.74) is 7.11. The molecule has 20 heavy (non-hydrogen) atoms. The van der Waals surface area contributed by atoms with Gasteiger partial charge in [0.15, 0.2) is 5.82 Å². The van der Waals surface area contributed by atoms with Crippen molar-refractivity contribution in [3.05, 3.63) is 56.9 Å². The van der Waals surface area contributed by atoms with Gasteiger partial charge in [0.05, 0.1) is 6.33 Å². The summed E-state index contributed by atoms with van der Waals surface area (Å²) in [5, 5.41) is 0. The molecule has 0 aliphatic heterocycles. The van der Waals surface area contributed by atoms with Crippen molar-refractivity contribution >= 4 is 28.3 Å². The van der Waals surface area contributed by atoms with Crippen molar-refractivity contribution in [3.8, 4) is 17.2 Å². The smallest absolute Gasteiger partial charge is 0.266 e. The lowest BCUT2D eigenvalue weighted by molar-refractivity contribution is 0.951. The molecule has 0 bridgehead atoms. The number of benzene rings is 1. The third kappa shape index (κ3) is 2.20. The van der Waals surface area contributed by atoms with E-state index in [1.165, 1.54) is 6.33 Å². The SMILES string of the molecule is Nc1ccc(-c2nccn2-c2nc[nH]c(=O)c2I)cc1. The minimum Gasteiger partial charge on any atom is -0.399 e. The standard InChI is InChI=1S/C13H10IN5O/c14-10-12(17-7-18-13(10)20)19-6-5-16-11(19)8-1-3-9(15)4-2-8/h1-7H,15H2,(H,17,18,20). The van der Waals surface area contributed by atoms with Gasteiger partial charge in [-0.25, -0.2) is 9.97 Å². The minimum atomic E-state index is -0.174. The van der Waals surface area contributed by atoms with Crippen molar-refractivity contribution in [2.75, 3.05) is 5.73 Å². The third-order valence-corrected chi connectivity index (χ3v) is 3.79. The number of H-pyrrole nitrogens is 1. The highest BCUT2D eigenvalue weighted by Gasteiger charge is 2.13. The summed E-state index contributed by atoms with van der Waals surface area (Å²) in [4.78, 5) is 22.8. The second kappa shape index (κ2) is 5.08. The van der Waals surface area contributed by atoms with Crippen molar-refractivity contribution in [1.29, 1.82) is 0 Å². The molecule has 0 aliphatic rings. The van der Waals surface area contributed by atoms with Crippen LogP contribution in [0.15, 0.2) is 47.8 Å². The summed E-state index contributed by atoms with van der Waals surface area (Å²) in [7, 11) is 0. The second-order valence-electron chi connectivity index (χ2n) is 4.11. The molecule has 7 heteroatoms. The lowest BCUT2D eigenvalue weighted by Gasteiger charge is -2.08. The summed E-state index contributed by atoms with van der Waals surface area (Å²) < 4.78 is 2.29. The Hall–Kier alpha value is -2.16. The Labute approximate surface area is 127 Å². The number of halogens is 1. The molecular formula is C13H10IN5O. The number of nitrogen functional groups attached to an aromatic ring is 1. The summed E-state index contributed by atoms with van der Waals surface area (Å²) in [6, 6.07) is 7.39. The van der Waals surface area contributed by atoms with Crippen LogP contribution in [-0.2, 0) is 0 Å². The average molecular weight is 379 g/mol. The van der Waals surface area contributed by atoms with E-state index in [4.69, 9.17) is 5.73 Å². The van der Waals surface area contributed by atoms with Crippen LogP contribution in [-0.4, -0.2) is 19.5 Å². The fraction of sp³-hybridized carbons (Fsp3) is 0. The fourth-order valence-electron chi connectivity index (χ4n) is 1.86. The quantitative estimate of drug-likeness (QED) is 0.525. The van der Waals surface area contributed by atoms with Crippen molar-refractivity contribution in [2.24, 2.45) is 0 Å². The zero-order valence-electron chi connectivity index (χ0n) is 10.2. The van der Waals surface area contributed by atoms with E-state index >= 15 is 0 Å². The lowest BCUT2D eigenvalue weighted by atomic mass is 10.2. The first-order valence-electron chi connectivity index (χ1n) is 5.79. The van der Waals surface area contributed by atoms with E-state index in [9.17, 15) is 4.79 Å². The highest BCUT2D eigenvalue weighted by atomic mass is 127. The van der Waals surface area contributed by atoms with E-state index in [0.29, 0.717) is 20.9 Å². The van der Waals surface area contributed by atoms with Gasteiger partial charge in [0, 0.05) is 23.6 Å². The molecule has 2 heterocycles. The number of imidazole rings is 1. The molecular weight excluding hydrogens is 369 g/mol. The van der Waals surface area contributed by atoms with Crippen LogP contribution in [0.25, 0.3) is 17.2 Å². The molecule has 0 unspecified atom stereocenters. The Kier molecular flexibility index (Phi) is 3.26. The third-order valence-electron chi connectivity index (χ3n) is 2.82. The maximum absolute atomic E-state index is 11.7. The van der Waals surface area contributed by atoms with Gasteiger partial charge in [0.2, 0.25) is 0 Å². The van der Waals surface area contributed by atoms with Crippen LogP contribution in [0.2, 0.25) is 0 Å². The van der Waals surface area contributed by atoms with Crippen LogP contribution >= 0.6 is 22.6 Å². The number of nitrogens with zero attached hydrogens (tertiary/aromatic N) is 3. The van der Waals surface area contributed by atoms with E-state index in [0.717, 1.165) is 5.56 Å². The van der Waals surface area contributed by atoms with Crippen LogP contribution in [0.1, 0.15) is 0 Å². The predicted octanol–water partition coefficient (Wildman–Crippen LogP) is 1.81. The number of nitrogens with one attached hydrogen (secondary N) is 1. The highest BCUT2D eigenvalue weighted by molar-refractivity contribution is 14.1. The first-order chi connectivity index (χ1) is 9.66.